The fourth-order valence-electron chi connectivity index (χ4n) is 2.80. The van der Waals surface area contributed by atoms with Crippen LogP contribution in [0.1, 0.15) is 22.5 Å². The van der Waals surface area contributed by atoms with Gasteiger partial charge in [-0.15, -0.1) is 0 Å². The van der Waals surface area contributed by atoms with E-state index in [1.165, 1.54) is 5.56 Å². The number of benzene rings is 2. The minimum atomic E-state index is -0.665. The van der Waals surface area contributed by atoms with Crippen molar-refractivity contribution in [2.45, 2.75) is 26.9 Å². The van der Waals surface area contributed by atoms with Crippen molar-refractivity contribution in [3.05, 3.63) is 76.6 Å². The summed E-state index contributed by atoms with van der Waals surface area (Å²) in [5.41, 5.74) is 4.48. The van der Waals surface area contributed by atoms with Crippen molar-refractivity contribution < 1.29 is 13.5 Å². The molecule has 0 aliphatic rings. The van der Waals surface area contributed by atoms with Crippen LogP contribution in [0.4, 0.5) is 8.78 Å². The van der Waals surface area contributed by atoms with Crippen molar-refractivity contribution in [3.63, 3.8) is 0 Å². The van der Waals surface area contributed by atoms with Crippen LogP contribution in [-0.4, -0.2) is 9.78 Å². The van der Waals surface area contributed by atoms with E-state index in [1.54, 1.807) is 12.1 Å². The van der Waals surface area contributed by atoms with E-state index in [2.05, 4.69) is 17.3 Å². The van der Waals surface area contributed by atoms with E-state index in [4.69, 9.17) is 4.74 Å². The topological polar surface area (TPSA) is 39.1 Å². The Morgan fingerprint density at radius 3 is 2.19 bits per heavy atom. The molecule has 0 aliphatic carbocycles. The third kappa shape index (κ3) is 4.26. The molecule has 3 aromatic rings. The van der Waals surface area contributed by atoms with Crippen molar-refractivity contribution in [2.24, 2.45) is 7.05 Å². The molecule has 3 rings (SSSR count). The van der Waals surface area contributed by atoms with Gasteiger partial charge in [0, 0.05) is 49.6 Å². The highest BCUT2D eigenvalue weighted by atomic mass is 19.1. The van der Waals surface area contributed by atoms with Gasteiger partial charge in [0.1, 0.15) is 23.1 Å². The van der Waals surface area contributed by atoms with Gasteiger partial charge in [-0.25, -0.2) is 8.78 Å². The lowest BCUT2D eigenvalue weighted by atomic mass is 10.2. The van der Waals surface area contributed by atoms with Gasteiger partial charge in [-0.1, -0.05) is 12.1 Å². The summed E-state index contributed by atoms with van der Waals surface area (Å²) < 4.78 is 33.8. The number of hydrogen-bond donors (Lipinski definition) is 1. The van der Waals surface area contributed by atoms with Crippen LogP contribution >= 0.6 is 0 Å². The summed E-state index contributed by atoms with van der Waals surface area (Å²) in [7, 11) is 1.94. The smallest absolute Gasteiger partial charge is 0.133 e. The molecule has 1 aromatic heterocycles. The minimum Gasteiger partial charge on any atom is -0.457 e. The highest BCUT2D eigenvalue weighted by Crippen LogP contribution is 2.23. The molecule has 0 saturated heterocycles. The van der Waals surface area contributed by atoms with Crippen molar-refractivity contribution in [1.29, 1.82) is 0 Å². The predicted octanol–water partition coefficient (Wildman–Crippen LogP) is 4.40. The molecule has 0 radical (unpaired) electrons. The van der Waals surface area contributed by atoms with Gasteiger partial charge in [-0.2, -0.15) is 5.10 Å². The molecule has 0 fully saturated rings. The van der Waals surface area contributed by atoms with Gasteiger partial charge in [0.05, 0.1) is 5.69 Å². The molecule has 1 heterocycles. The molecule has 2 aromatic carbocycles. The number of halogens is 2. The van der Waals surface area contributed by atoms with Gasteiger partial charge in [-0.05, 0) is 31.5 Å². The minimum absolute atomic E-state index is 0.135. The normalized spacial score (nSPS) is 11.0. The van der Waals surface area contributed by atoms with Gasteiger partial charge in [0.2, 0.25) is 0 Å². The Kier molecular flexibility index (Phi) is 5.32. The summed E-state index contributed by atoms with van der Waals surface area (Å²) >= 11 is 0. The third-order valence-corrected chi connectivity index (χ3v) is 4.28. The first-order valence-electron chi connectivity index (χ1n) is 8.35. The summed E-state index contributed by atoms with van der Waals surface area (Å²) in [5, 5.41) is 7.81. The Hall–Kier alpha value is -2.73. The monoisotopic (exact) mass is 357 g/mol. The second kappa shape index (κ2) is 7.66. The number of rotatable bonds is 6. The maximum Gasteiger partial charge on any atom is 0.133 e. The number of nitrogens with zero attached hydrogens (tertiary/aromatic N) is 2. The molecule has 6 heteroatoms. The molecule has 1 N–H and O–H groups in total. The zero-order valence-corrected chi connectivity index (χ0v) is 15.0. The van der Waals surface area contributed by atoms with Crippen LogP contribution in [0.2, 0.25) is 0 Å². The average molecular weight is 357 g/mol. The number of ether oxygens (including phenoxy) is 1. The fourth-order valence-corrected chi connectivity index (χ4v) is 2.80. The van der Waals surface area contributed by atoms with E-state index in [0.29, 0.717) is 12.3 Å². The molecule has 136 valence electrons. The first-order valence-corrected chi connectivity index (χ1v) is 8.35. The summed E-state index contributed by atoms with van der Waals surface area (Å²) in [6.07, 6.45) is 0. The highest BCUT2D eigenvalue weighted by molar-refractivity contribution is 5.33. The first-order chi connectivity index (χ1) is 12.4. The lowest BCUT2D eigenvalue weighted by Gasteiger charge is -2.08. The first kappa shape index (κ1) is 18.1. The van der Waals surface area contributed by atoms with E-state index >= 15 is 0 Å². The SMILES string of the molecule is Cc1nn(C)c(C)c1CNCc1ccc(Oc2cc(F)cc(F)c2)cc1. The van der Waals surface area contributed by atoms with Crippen LogP contribution in [0.25, 0.3) is 0 Å². The third-order valence-electron chi connectivity index (χ3n) is 4.28. The molecule has 0 atom stereocenters. The van der Waals surface area contributed by atoms with Gasteiger partial charge >= 0.3 is 0 Å². The van der Waals surface area contributed by atoms with Crippen LogP contribution in [0, 0.1) is 25.5 Å². The van der Waals surface area contributed by atoms with Crippen molar-refractivity contribution in [2.75, 3.05) is 0 Å². The van der Waals surface area contributed by atoms with Gasteiger partial charge < -0.3 is 10.1 Å². The molecule has 0 unspecified atom stereocenters. The molecule has 0 saturated carbocycles. The van der Waals surface area contributed by atoms with Crippen LogP contribution < -0.4 is 10.1 Å². The van der Waals surface area contributed by atoms with Crippen LogP contribution in [0.15, 0.2) is 42.5 Å². The summed E-state index contributed by atoms with van der Waals surface area (Å²) in [6.45, 7) is 5.50. The second-order valence-electron chi connectivity index (χ2n) is 6.23. The lowest BCUT2D eigenvalue weighted by Crippen LogP contribution is -2.13. The zero-order valence-electron chi connectivity index (χ0n) is 15.0. The molecule has 0 aliphatic heterocycles. The van der Waals surface area contributed by atoms with Crippen LogP contribution in [-0.2, 0) is 20.1 Å². The summed E-state index contributed by atoms with van der Waals surface area (Å²) in [6, 6.07) is 10.5. The summed E-state index contributed by atoms with van der Waals surface area (Å²) in [4.78, 5) is 0. The van der Waals surface area contributed by atoms with Gasteiger partial charge in [0.25, 0.3) is 0 Å². The van der Waals surface area contributed by atoms with Crippen LogP contribution in [0.3, 0.4) is 0 Å². The van der Waals surface area contributed by atoms with E-state index < -0.39 is 11.6 Å². The molecule has 0 bridgehead atoms. The van der Waals surface area contributed by atoms with Crippen molar-refractivity contribution in [1.82, 2.24) is 15.1 Å². The van der Waals surface area contributed by atoms with E-state index in [9.17, 15) is 8.78 Å². The van der Waals surface area contributed by atoms with Gasteiger partial charge in [0.15, 0.2) is 0 Å². The lowest BCUT2D eigenvalue weighted by molar-refractivity contribution is 0.468. The number of aromatic nitrogens is 2. The number of hydrogen-bond acceptors (Lipinski definition) is 3. The molecule has 0 spiro atoms. The molecule has 4 nitrogen and oxygen atoms in total. The standard InChI is InChI=1S/C20H21F2N3O/c1-13-20(14(2)25(3)24-13)12-23-11-15-4-6-18(7-5-15)26-19-9-16(21)8-17(22)10-19/h4-10,23H,11-12H2,1-3H3. The Bertz CT molecular complexity index is 884. The average Bonchev–Trinajstić information content (AvgIpc) is 2.81. The fraction of sp³-hybridized carbons (Fsp3) is 0.250. The van der Waals surface area contributed by atoms with Crippen molar-refractivity contribution in [3.8, 4) is 11.5 Å². The molecule has 0 amide bonds. The molecule has 26 heavy (non-hydrogen) atoms. The van der Waals surface area contributed by atoms with E-state index in [0.717, 1.165) is 41.7 Å². The number of aryl methyl sites for hydroxylation is 2. The maximum absolute atomic E-state index is 13.2. The quantitative estimate of drug-likeness (QED) is 0.711. The Labute approximate surface area is 151 Å². The van der Waals surface area contributed by atoms with Gasteiger partial charge in [-0.3, -0.25) is 4.68 Å². The Morgan fingerprint density at radius 1 is 0.962 bits per heavy atom. The summed E-state index contributed by atoms with van der Waals surface area (Å²) in [5.74, 6) is -0.669. The Balaban J connectivity index is 1.57. The Morgan fingerprint density at radius 2 is 1.62 bits per heavy atom. The largest absolute Gasteiger partial charge is 0.457 e. The maximum atomic E-state index is 13.2. The highest BCUT2D eigenvalue weighted by Gasteiger charge is 2.08. The zero-order chi connectivity index (χ0) is 18.7. The molecular weight excluding hydrogens is 336 g/mol. The number of nitrogens with one attached hydrogen (secondary N) is 1. The van der Waals surface area contributed by atoms with E-state index in [-0.39, 0.29) is 5.75 Å². The molecular formula is C20H21F2N3O. The van der Waals surface area contributed by atoms with Crippen LogP contribution in [0.5, 0.6) is 11.5 Å². The van der Waals surface area contributed by atoms with E-state index in [1.807, 2.05) is 30.8 Å². The second-order valence-corrected chi connectivity index (χ2v) is 6.23. The van der Waals surface area contributed by atoms with Crippen molar-refractivity contribution >= 4 is 0 Å². The predicted molar refractivity (Wildman–Crippen MR) is 96.1 cm³/mol.